The minimum absolute atomic E-state index is 0.396. The van der Waals surface area contributed by atoms with Gasteiger partial charge in [0, 0.05) is 62.5 Å². The highest BCUT2D eigenvalue weighted by Crippen LogP contribution is 2.40. The minimum Gasteiger partial charge on any atom is -0.371 e. The molecule has 1 saturated heterocycles. The van der Waals surface area contributed by atoms with Gasteiger partial charge in [0.15, 0.2) is 0 Å². The van der Waals surface area contributed by atoms with Crippen LogP contribution in [0.25, 0.3) is 16.8 Å². The third-order valence-corrected chi connectivity index (χ3v) is 7.54. The fraction of sp³-hybridized carbons (Fsp3) is 0.355. The summed E-state index contributed by atoms with van der Waals surface area (Å²) in [5.41, 5.74) is 6.60. The molecule has 36 heavy (non-hydrogen) atoms. The highest BCUT2D eigenvalue weighted by atomic mass is 19.1. The van der Waals surface area contributed by atoms with Crippen molar-refractivity contribution in [3.63, 3.8) is 0 Å². The summed E-state index contributed by atoms with van der Waals surface area (Å²) in [5, 5.41) is 9.03. The van der Waals surface area contributed by atoms with Crippen LogP contribution in [0.1, 0.15) is 54.5 Å². The van der Waals surface area contributed by atoms with E-state index in [1.54, 1.807) is 24.3 Å². The van der Waals surface area contributed by atoms with E-state index in [9.17, 15) is 0 Å². The van der Waals surface area contributed by atoms with E-state index in [1.165, 1.54) is 16.7 Å². The summed E-state index contributed by atoms with van der Waals surface area (Å²) in [4.78, 5) is 9.00. The van der Waals surface area contributed by atoms with Crippen molar-refractivity contribution < 1.29 is 4.39 Å². The van der Waals surface area contributed by atoms with Crippen LogP contribution < -0.4 is 4.90 Å². The molecular formula is C31H35FN4. The highest BCUT2D eigenvalue weighted by molar-refractivity contribution is 5.76. The van der Waals surface area contributed by atoms with Gasteiger partial charge in [-0.15, -0.1) is 0 Å². The van der Waals surface area contributed by atoms with Crippen LogP contribution in [0, 0.1) is 18.3 Å². The van der Waals surface area contributed by atoms with Crippen LogP contribution in [-0.2, 0) is 12.1 Å². The summed E-state index contributed by atoms with van der Waals surface area (Å²) in [5.74, 6) is 0.960. The van der Waals surface area contributed by atoms with Crippen molar-refractivity contribution in [3.05, 3.63) is 89.1 Å². The lowest BCUT2D eigenvalue weighted by Gasteiger charge is -2.39. The summed E-state index contributed by atoms with van der Waals surface area (Å²) in [6.07, 6.45) is 3.67. The molecule has 0 radical (unpaired) electrons. The summed E-state index contributed by atoms with van der Waals surface area (Å²) in [7, 11) is 2.04. The maximum Gasteiger partial charge on any atom is 0.139 e. The molecule has 0 spiro atoms. The Kier molecular flexibility index (Phi) is 7.45. The van der Waals surface area contributed by atoms with Gasteiger partial charge in [-0.2, -0.15) is 5.26 Å². The average Bonchev–Trinajstić information content (AvgIpc) is 2.92. The van der Waals surface area contributed by atoms with Gasteiger partial charge in [-0.05, 0) is 72.9 Å². The fourth-order valence-electron chi connectivity index (χ4n) is 5.01. The summed E-state index contributed by atoms with van der Waals surface area (Å²) >= 11 is 0. The van der Waals surface area contributed by atoms with Gasteiger partial charge in [0.25, 0.3) is 0 Å². The number of anilines is 1. The molecule has 0 unspecified atom stereocenters. The standard InChI is InChI=1S/C31H35FN4/c1-6-25-18-22(3)28(19-29(25)26-10-13-30(34-21-26)35(5)7-2)23(4)36-16-14-31(32,15-17-36)27-11-8-24(20-33)9-12-27/h8-13,18-19,21H,4,6-7,14-17H2,1-3,5H3. The number of piperidine rings is 1. The Hall–Kier alpha value is -3.65. The number of hydrogen-bond acceptors (Lipinski definition) is 4. The third-order valence-electron chi connectivity index (χ3n) is 7.54. The maximum atomic E-state index is 15.8. The number of halogens is 1. The Bertz CT molecular complexity index is 1260. The number of nitriles is 1. The van der Waals surface area contributed by atoms with E-state index < -0.39 is 5.67 Å². The zero-order valence-electron chi connectivity index (χ0n) is 21.8. The Morgan fingerprint density at radius 3 is 2.39 bits per heavy atom. The van der Waals surface area contributed by atoms with Crippen LogP contribution in [0.2, 0.25) is 0 Å². The number of nitrogens with zero attached hydrogens (tertiary/aromatic N) is 4. The highest BCUT2D eigenvalue weighted by Gasteiger charge is 2.36. The largest absolute Gasteiger partial charge is 0.371 e. The van der Waals surface area contributed by atoms with Crippen LogP contribution in [0.15, 0.2) is 61.3 Å². The van der Waals surface area contributed by atoms with Gasteiger partial charge in [0.05, 0.1) is 11.6 Å². The van der Waals surface area contributed by atoms with Crippen molar-refractivity contribution in [2.45, 2.75) is 45.7 Å². The second kappa shape index (κ2) is 10.5. The van der Waals surface area contributed by atoms with Gasteiger partial charge in [-0.1, -0.05) is 31.7 Å². The molecule has 186 valence electrons. The van der Waals surface area contributed by atoms with Crippen molar-refractivity contribution in [2.24, 2.45) is 0 Å². The second-order valence-electron chi connectivity index (χ2n) is 9.69. The number of alkyl halides is 1. The first-order valence-electron chi connectivity index (χ1n) is 12.7. The van der Waals surface area contributed by atoms with Crippen LogP contribution in [-0.4, -0.2) is 36.6 Å². The molecule has 1 fully saturated rings. The van der Waals surface area contributed by atoms with Crippen LogP contribution >= 0.6 is 0 Å². The van der Waals surface area contributed by atoms with Crippen molar-refractivity contribution >= 4 is 11.5 Å². The molecule has 2 aromatic carbocycles. The molecule has 0 saturated carbocycles. The Labute approximate surface area is 214 Å². The van der Waals surface area contributed by atoms with E-state index >= 15 is 4.39 Å². The van der Waals surface area contributed by atoms with Crippen LogP contribution in [0.3, 0.4) is 0 Å². The molecule has 0 atom stereocenters. The number of rotatable bonds is 7. The number of pyridine rings is 1. The Morgan fingerprint density at radius 1 is 1.14 bits per heavy atom. The number of aromatic nitrogens is 1. The molecule has 5 heteroatoms. The predicted octanol–water partition coefficient (Wildman–Crippen LogP) is 6.88. The predicted molar refractivity (Wildman–Crippen MR) is 147 cm³/mol. The van der Waals surface area contributed by atoms with Gasteiger partial charge < -0.3 is 9.80 Å². The van der Waals surface area contributed by atoms with Gasteiger partial charge in [0.1, 0.15) is 11.5 Å². The molecule has 0 aliphatic carbocycles. The number of hydrogen-bond donors (Lipinski definition) is 0. The molecule has 2 heterocycles. The van der Waals surface area contributed by atoms with Gasteiger partial charge in [-0.25, -0.2) is 9.37 Å². The van der Waals surface area contributed by atoms with E-state index in [1.807, 2.05) is 13.2 Å². The molecule has 1 aliphatic rings. The first kappa shape index (κ1) is 25.4. The van der Waals surface area contributed by atoms with E-state index in [0.717, 1.165) is 35.6 Å². The quantitative estimate of drug-likeness (QED) is 0.368. The molecular weight excluding hydrogens is 447 g/mol. The van der Waals surface area contributed by atoms with Gasteiger partial charge in [-0.3, -0.25) is 0 Å². The Balaban J connectivity index is 1.56. The smallest absolute Gasteiger partial charge is 0.139 e. The first-order chi connectivity index (χ1) is 17.3. The molecule has 4 nitrogen and oxygen atoms in total. The zero-order chi connectivity index (χ0) is 25.9. The molecule has 4 rings (SSSR count). The van der Waals surface area contributed by atoms with E-state index in [4.69, 9.17) is 5.26 Å². The third kappa shape index (κ3) is 4.99. The lowest BCUT2D eigenvalue weighted by molar-refractivity contribution is 0.0794. The normalized spacial score (nSPS) is 14.8. The lowest BCUT2D eigenvalue weighted by atomic mass is 9.85. The zero-order valence-corrected chi connectivity index (χ0v) is 21.8. The van der Waals surface area contributed by atoms with E-state index in [0.29, 0.717) is 37.1 Å². The number of benzene rings is 2. The van der Waals surface area contributed by atoms with Crippen molar-refractivity contribution in [3.8, 4) is 17.2 Å². The first-order valence-corrected chi connectivity index (χ1v) is 12.7. The van der Waals surface area contributed by atoms with Crippen molar-refractivity contribution in [1.82, 2.24) is 9.88 Å². The summed E-state index contributed by atoms with van der Waals surface area (Å²) < 4.78 is 15.8. The van der Waals surface area contributed by atoms with E-state index in [2.05, 4.69) is 72.5 Å². The Morgan fingerprint density at radius 2 is 1.83 bits per heavy atom. The molecule has 1 aliphatic heterocycles. The fourth-order valence-corrected chi connectivity index (χ4v) is 5.01. The lowest BCUT2D eigenvalue weighted by Crippen LogP contribution is -2.39. The van der Waals surface area contributed by atoms with E-state index in [-0.39, 0.29) is 0 Å². The van der Waals surface area contributed by atoms with Gasteiger partial charge >= 0.3 is 0 Å². The second-order valence-corrected chi connectivity index (χ2v) is 9.69. The number of aryl methyl sites for hydroxylation is 2. The summed E-state index contributed by atoms with van der Waals surface area (Å²) in [6.45, 7) is 12.9. The number of likely N-dealkylation sites (tertiary alicyclic amines) is 1. The monoisotopic (exact) mass is 482 g/mol. The summed E-state index contributed by atoms with van der Waals surface area (Å²) in [6, 6.07) is 17.7. The molecule has 0 bridgehead atoms. The van der Waals surface area contributed by atoms with Gasteiger partial charge in [0.2, 0.25) is 0 Å². The van der Waals surface area contributed by atoms with Crippen molar-refractivity contribution in [2.75, 3.05) is 31.6 Å². The van der Waals surface area contributed by atoms with Crippen LogP contribution in [0.4, 0.5) is 10.2 Å². The molecule has 0 N–H and O–H groups in total. The minimum atomic E-state index is -1.38. The van der Waals surface area contributed by atoms with Crippen molar-refractivity contribution in [1.29, 1.82) is 5.26 Å². The van der Waals surface area contributed by atoms with Crippen LogP contribution in [0.5, 0.6) is 0 Å². The average molecular weight is 483 g/mol. The molecule has 1 aromatic heterocycles. The molecule has 0 amide bonds. The maximum absolute atomic E-state index is 15.8. The topological polar surface area (TPSA) is 43.2 Å². The molecule has 3 aromatic rings. The SMILES string of the molecule is C=C(c1cc(-c2ccc(N(C)CC)nc2)c(CC)cc1C)N1CCC(F)(c2ccc(C#N)cc2)CC1.